The van der Waals surface area contributed by atoms with Crippen molar-refractivity contribution in [3.05, 3.63) is 23.8 Å². The van der Waals surface area contributed by atoms with Gasteiger partial charge in [-0.3, -0.25) is 0 Å². The Morgan fingerprint density at radius 2 is 2.14 bits per heavy atom. The summed E-state index contributed by atoms with van der Waals surface area (Å²) >= 11 is 0. The highest BCUT2D eigenvalue weighted by atomic mass is 32.2. The summed E-state index contributed by atoms with van der Waals surface area (Å²) in [7, 11) is -3.36. The Bertz CT molecular complexity index is 613. The molecule has 1 unspecified atom stereocenters. The standard InChI is InChI=1S/C16H24N2O2S/c1-2-14-6-4-3-5-11-18(14)21(19,20)15-7-8-16-13(12-15)9-10-17-16/h7-8,12,14,17H,2-6,9-11H2,1H3. The molecule has 1 fully saturated rings. The molecule has 0 saturated carbocycles. The number of benzene rings is 1. The molecule has 0 amide bonds. The van der Waals surface area contributed by atoms with Gasteiger partial charge >= 0.3 is 0 Å². The van der Waals surface area contributed by atoms with E-state index in [0.717, 1.165) is 56.3 Å². The van der Waals surface area contributed by atoms with E-state index < -0.39 is 10.0 Å². The molecule has 0 aromatic heterocycles. The van der Waals surface area contributed by atoms with Gasteiger partial charge in [0.1, 0.15) is 0 Å². The lowest BCUT2D eigenvalue weighted by molar-refractivity contribution is 0.315. The lowest BCUT2D eigenvalue weighted by Crippen LogP contribution is -2.39. The summed E-state index contributed by atoms with van der Waals surface area (Å²) in [5.74, 6) is 0. The molecule has 1 aromatic carbocycles. The van der Waals surface area contributed by atoms with Crippen LogP contribution in [0.1, 0.15) is 44.6 Å². The molecule has 21 heavy (non-hydrogen) atoms. The molecule has 0 aliphatic carbocycles. The monoisotopic (exact) mass is 308 g/mol. The Morgan fingerprint density at radius 1 is 1.29 bits per heavy atom. The van der Waals surface area contributed by atoms with Crippen LogP contribution in [0, 0.1) is 0 Å². The topological polar surface area (TPSA) is 49.4 Å². The molecule has 2 aliphatic heterocycles. The van der Waals surface area contributed by atoms with Crippen LogP contribution in [-0.2, 0) is 16.4 Å². The number of nitrogens with one attached hydrogen (secondary N) is 1. The van der Waals surface area contributed by atoms with Crippen molar-refractivity contribution in [1.29, 1.82) is 0 Å². The second kappa shape index (κ2) is 5.97. The van der Waals surface area contributed by atoms with E-state index in [1.165, 1.54) is 0 Å². The number of anilines is 1. The van der Waals surface area contributed by atoms with Crippen molar-refractivity contribution in [2.75, 3.05) is 18.4 Å². The summed E-state index contributed by atoms with van der Waals surface area (Å²) in [5, 5.41) is 3.28. The van der Waals surface area contributed by atoms with Crippen molar-refractivity contribution in [2.24, 2.45) is 0 Å². The van der Waals surface area contributed by atoms with Gasteiger partial charge in [0.2, 0.25) is 10.0 Å². The van der Waals surface area contributed by atoms with Crippen molar-refractivity contribution < 1.29 is 8.42 Å². The number of hydrogen-bond acceptors (Lipinski definition) is 3. The van der Waals surface area contributed by atoms with Crippen LogP contribution in [-0.4, -0.2) is 31.9 Å². The quantitative estimate of drug-likeness (QED) is 0.934. The van der Waals surface area contributed by atoms with Gasteiger partial charge < -0.3 is 5.32 Å². The van der Waals surface area contributed by atoms with E-state index in [-0.39, 0.29) is 6.04 Å². The van der Waals surface area contributed by atoms with Gasteiger partial charge in [0.15, 0.2) is 0 Å². The van der Waals surface area contributed by atoms with Gasteiger partial charge in [-0.05, 0) is 49.4 Å². The van der Waals surface area contributed by atoms with Crippen LogP contribution in [0.2, 0.25) is 0 Å². The Hall–Kier alpha value is -1.07. The van der Waals surface area contributed by atoms with Crippen molar-refractivity contribution in [3.63, 3.8) is 0 Å². The Labute approximate surface area is 127 Å². The molecule has 0 spiro atoms. The molecule has 2 aliphatic rings. The zero-order chi connectivity index (χ0) is 14.9. The van der Waals surface area contributed by atoms with E-state index in [9.17, 15) is 8.42 Å². The number of rotatable bonds is 3. The molecule has 4 nitrogen and oxygen atoms in total. The van der Waals surface area contributed by atoms with E-state index in [4.69, 9.17) is 0 Å². The van der Waals surface area contributed by atoms with Gasteiger partial charge in [-0.2, -0.15) is 4.31 Å². The van der Waals surface area contributed by atoms with Gasteiger partial charge in [-0.25, -0.2) is 8.42 Å². The van der Waals surface area contributed by atoms with E-state index >= 15 is 0 Å². The molecule has 3 rings (SSSR count). The zero-order valence-electron chi connectivity index (χ0n) is 12.6. The van der Waals surface area contributed by atoms with Crippen molar-refractivity contribution >= 4 is 15.7 Å². The summed E-state index contributed by atoms with van der Waals surface area (Å²) in [5.41, 5.74) is 2.20. The molecule has 116 valence electrons. The van der Waals surface area contributed by atoms with E-state index in [1.807, 2.05) is 12.1 Å². The molecule has 1 atom stereocenters. The highest BCUT2D eigenvalue weighted by Gasteiger charge is 2.32. The average molecular weight is 308 g/mol. The van der Waals surface area contributed by atoms with Crippen molar-refractivity contribution in [3.8, 4) is 0 Å². The van der Waals surface area contributed by atoms with Crippen LogP contribution in [0.4, 0.5) is 5.69 Å². The third-order valence-corrected chi connectivity index (χ3v) is 6.64. The first kappa shape index (κ1) is 14.9. The maximum Gasteiger partial charge on any atom is 0.243 e. The molecular formula is C16H24N2O2S. The maximum atomic E-state index is 13.0. The molecule has 1 saturated heterocycles. The lowest BCUT2D eigenvalue weighted by Gasteiger charge is -2.28. The van der Waals surface area contributed by atoms with Crippen LogP contribution in [0.15, 0.2) is 23.1 Å². The third-order valence-electron chi connectivity index (χ3n) is 4.69. The highest BCUT2D eigenvalue weighted by Crippen LogP contribution is 2.30. The molecule has 2 heterocycles. The predicted octanol–water partition coefficient (Wildman–Crippen LogP) is 3.00. The highest BCUT2D eigenvalue weighted by molar-refractivity contribution is 7.89. The maximum absolute atomic E-state index is 13.0. The molecule has 1 N–H and O–H groups in total. The Balaban J connectivity index is 1.94. The Kier molecular flexibility index (Phi) is 4.22. The minimum Gasteiger partial charge on any atom is -0.384 e. The van der Waals surface area contributed by atoms with Crippen LogP contribution < -0.4 is 5.32 Å². The molecule has 0 radical (unpaired) electrons. The smallest absolute Gasteiger partial charge is 0.243 e. The molecule has 0 bridgehead atoms. The largest absolute Gasteiger partial charge is 0.384 e. The summed E-state index contributed by atoms with van der Waals surface area (Å²) in [4.78, 5) is 0.463. The average Bonchev–Trinajstić information content (AvgIpc) is 2.81. The fourth-order valence-electron chi connectivity index (χ4n) is 3.45. The second-order valence-corrected chi connectivity index (χ2v) is 7.91. The minimum atomic E-state index is -3.36. The zero-order valence-corrected chi connectivity index (χ0v) is 13.5. The van der Waals surface area contributed by atoms with Gasteiger partial charge in [0.05, 0.1) is 4.90 Å². The van der Waals surface area contributed by atoms with E-state index in [1.54, 1.807) is 10.4 Å². The number of nitrogens with zero attached hydrogens (tertiary/aromatic N) is 1. The third kappa shape index (κ3) is 2.81. The summed E-state index contributed by atoms with van der Waals surface area (Å²) in [6, 6.07) is 5.68. The summed E-state index contributed by atoms with van der Waals surface area (Å²) < 4.78 is 27.8. The van der Waals surface area contributed by atoms with Gasteiger partial charge in [0.25, 0.3) is 0 Å². The van der Waals surface area contributed by atoms with Gasteiger partial charge in [0, 0.05) is 24.8 Å². The lowest BCUT2D eigenvalue weighted by atomic mass is 10.1. The first-order chi connectivity index (χ1) is 10.1. The molecule has 5 heteroatoms. The van der Waals surface area contributed by atoms with Crippen LogP contribution in [0.25, 0.3) is 0 Å². The van der Waals surface area contributed by atoms with E-state index in [2.05, 4.69) is 12.2 Å². The number of hydrogen-bond donors (Lipinski definition) is 1. The van der Waals surface area contributed by atoms with Gasteiger partial charge in [-0.1, -0.05) is 19.8 Å². The first-order valence-electron chi connectivity index (χ1n) is 8.01. The Morgan fingerprint density at radius 3 is 2.95 bits per heavy atom. The fourth-order valence-corrected chi connectivity index (χ4v) is 5.27. The fraction of sp³-hybridized carbons (Fsp3) is 0.625. The molecule has 1 aromatic rings. The van der Waals surface area contributed by atoms with Crippen LogP contribution in [0.5, 0.6) is 0 Å². The predicted molar refractivity (Wildman–Crippen MR) is 85.1 cm³/mol. The minimum absolute atomic E-state index is 0.156. The van der Waals surface area contributed by atoms with Crippen molar-refractivity contribution in [2.45, 2.75) is 56.4 Å². The second-order valence-electron chi connectivity index (χ2n) is 6.02. The van der Waals surface area contributed by atoms with Crippen LogP contribution in [0.3, 0.4) is 0 Å². The normalized spacial score (nSPS) is 23.4. The van der Waals surface area contributed by atoms with Gasteiger partial charge in [-0.15, -0.1) is 0 Å². The summed E-state index contributed by atoms with van der Waals surface area (Å²) in [6.07, 6.45) is 6.04. The summed E-state index contributed by atoms with van der Waals surface area (Å²) in [6.45, 7) is 3.65. The number of sulfonamides is 1. The SMILES string of the molecule is CCC1CCCCCN1S(=O)(=O)c1ccc2c(c1)CCN2. The first-order valence-corrected chi connectivity index (χ1v) is 9.45. The van der Waals surface area contributed by atoms with Crippen molar-refractivity contribution in [1.82, 2.24) is 4.31 Å². The molecular weight excluding hydrogens is 284 g/mol. The number of fused-ring (bicyclic) bond motifs is 1. The van der Waals surface area contributed by atoms with E-state index in [0.29, 0.717) is 11.4 Å². The van der Waals surface area contributed by atoms with Crippen LogP contribution >= 0.6 is 0 Å².